The number of aliphatic hydroxyl groups excluding tert-OH is 1. The third-order valence-electron chi connectivity index (χ3n) is 1.43. The Labute approximate surface area is 66.4 Å². The SMILES string of the molecule is C[C@H](O)CNCc1cc[nH]c1. The Kier molecular flexibility index (Phi) is 3.14. The van der Waals surface area contributed by atoms with Crippen LogP contribution < -0.4 is 5.32 Å². The molecule has 0 aromatic carbocycles. The van der Waals surface area contributed by atoms with Crippen molar-refractivity contribution in [3.63, 3.8) is 0 Å². The number of aromatic nitrogens is 1. The van der Waals surface area contributed by atoms with Crippen molar-refractivity contribution in [1.82, 2.24) is 10.3 Å². The van der Waals surface area contributed by atoms with E-state index in [1.807, 2.05) is 18.5 Å². The van der Waals surface area contributed by atoms with Crippen molar-refractivity contribution in [3.8, 4) is 0 Å². The van der Waals surface area contributed by atoms with Crippen LogP contribution >= 0.6 is 0 Å². The monoisotopic (exact) mass is 154 g/mol. The van der Waals surface area contributed by atoms with E-state index in [2.05, 4.69) is 10.3 Å². The summed E-state index contributed by atoms with van der Waals surface area (Å²) in [5.74, 6) is 0. The third-order valence-corrected chi connectivity index (χ3v) is 1.43. The van der Waals surface area contributed by atoms with Crippen LogP contribution in [0.4, 0.5) is 0 Å². The number of hydrogen-bond acceptors (Lipinski definition) is 2. The normalized spacial score (nSPS) is 13.3. The fourth-order valence-electron chi connectivity index (χ4n) is 0.894. The van der Waals surface area contributed by atoms with Gasteiger partial charge in [-0.25, -0.2) is 0 Å². The van der Waals surface area contributed by atoms with Gasteiger partial charge in [0.2, 0.25) is 0 Å². The second-order valence-electron chi connectivity index (χ2n) is 2.70. The summed E-state index contributed by atoms with van der Waals surface area (Å²) in [5.41, 5.74) is 1.21. The van der Waals surface area contributed by atoms with E-state index in [1.54, 1.807) is 6.92 Å². The Bertz CT molecular complexity index is 182. The molecule has 1 atom stereocenters. The van der Waals surface area contributed by atoms with Gasteiger partial charge in [0.25, 0.3) is 0 Å². The summed E-state index contributed by atoms with van der Waals surface area (Å²) in [7, 11) is 0. The van der Waals surface area contributed by atoms with Crippen LogP contribution in [0.5, 0.6) is 0 Å². The fourth-order valence-corrected chi connectivity index (χ4v) is 0.894. The minimum Gasteiger partial charge on any atom is -0.392 e. The smallest absolute Gasteiger partial charge is 0.0636 e. The highest BCUT2D eigenvalue weighted by molar-refractivity contribution is 5.07. The van der Waals surface area contributed by atoms with Crippen LogP contribution in [-0.4, -0.2) is 22.7 Å². The van der Waals surface area contributed by atoms with Crippen LogP contribution in [0, 0.1) is 0 Å². The maximum atomic E-state index is 8.91. The van der Waals surface area contributed by atoms with Gasteiger partial charge in [0.1, 0.15) is 0 Å². The van der Waals surface area contributed by atoms with Gasteiger partial charge in [0.05, 0.1) is 6.10 Å². The van der Waals surface area contributed by atoms with E-state index in [0.717, 1.165) is 6.54 Å². The lowest BCUT2D eigenvalue weighted by Crippen LogP contribution is -2.23. The molecule has 0 radical (unpaired) electrons. The Morgan fingerprint density at radius 3 is 3.09 bits per heavy atom. The highest BCUT2D eigenvalue weighted by Crippen LogP contribution is 1.94. The zero-order valence-corrected chi connectivity index (χ0v) is 6.67. The van der Waals surface area contributed by atoms with E-state index < -0.39 is 0 Å². The van der Waals surface area contributed by atoms with Gasteiger partial charge in [-0.15, -0.1) is 0 Å². The van der Waals surface area contributed by atoms with Crippen molar-refractivity contribution in [2.24, 2.45) is 0 Å². The van der Waals surface area contributed by atoms with Gasteiger partial charge in [-0.05, 0) is 18.6 Å². The second-order valence-corrected chi connectivity index (χ2v) is 2.70. The summed E-state index contributed by atoms with van der Waals surface area (Å²) in [6, 6.07) is 2.01. The fraction of sp³-hybridized carbons (Fsp3) is 0.500. The van der Waals surface area contributed by atoms with E-state index in [0.29, 0.717) is 6.54 Å². The molecule has 0 saturated carbocycles. The van der Waals surface area contributed by atoms with Crippen molar-refractivity contribution in [3.05, 3.63) is 24.0 Å². The maximum absolute atomic E-state index is 8.91. The van der Waals surface area contributed by atoms with E-state index in [1.165, 1.54) is 5.56 Å². The summed E-state index contributed by atoms with van der Waals surface area (Å²) < 4.78 is 0. The van der Waals surface area contributed by atoms with E-state index in [-0.39, 0.29) is 6.10 Å². The molecule has 0 aliphatic carbocycles. The predicted octanol–water partition coefficient (Wildman–Crippen LogP) is 0.485. The Hall–Kier alpha value is -0.800. The summed E-state index contributed by atoms with van der Waals surface area (Å²) >= 11 is 0. The van der Waals surface area contributed by atoms with Gasteiger partial charge >= 0.3 is 0 Å². The van der Waals surface area contributed by atoms with Gasteiger partial charge in [0, 0.05) is 25.5 Å². The molecule has 3 heteroatoms. The molecule has 11 heavy (non-hydrogen) atoms. The molecular formula is C8H14N2O. The summed E-state index contributed by atoms with van der Waals surface area (Å²) in [4.78, 5) is 2.97. The zero-order valence-electron chi connectivity index (χ0n) is 6.67. The Morgan fingerprint density at radius 1 is 1.73 bits per heavy atom. The van der Waals surface area contributed by atoms with Crippen LogP contribution in [0.3, 0.4) is 0 Å². The number of rotatable bonds is 4. The van der Waals surface area contributed by atoms with Gasteiger partial charge in [-0.1, -0.05) is 0 Å². The van der Waals surface area contributed by atoms with E-state index in [4.69, 9.17) is 5.11 Å². The Morgan fingerprint density at radius 2 is 2.55 bits per heavy atom. The molecule has 0 bridgehead atoms. The number of H-pyrrole nitrogens is 1. The molecule has 1 heterocycles. The molecule has 1 aromatic heterocycles. The lowest BCUT2D eigenvalue weighted by Gasteiger charge is -2.04. The standard InChI is InChI=1S/C8H14N2O/c1-7(11)4-10-6-8-2-3-9-5-8/h2-3,5,7,9-11H,4,6H2,1H3/t7-/m0/s1. The van der Waals surface area contributed by atoms with Crippen LogP contribution in [0.25, 0.3) is 0 Å². The molecule has 1 aromatic rings. The molecule has 0 aliphatic rings. The molecule has 0 amide bonds. The van der Waals surface area contributed by atoms with Crippen molar-refractivity contribution >= 4 is 0 Å². The minimum atomic E-state index is -0.269. The molecule has 0 fully saturated rings. The van der Waals surface area contributed by atoms with Crippen molar-refractivity contribution in [2.75, 3.05) is 6.54 Å². The lowest BCUT2D eigenvalue weighted by atomic mass is 10.3. The number of aliphatic hydroxyl groups is 1. The van der Waals surface area contributed by atoms with Gasteiger partial charge in [-0.2, -0.15) is 0 Å². The van der Waals surface area contributed by atoms with Crippen molar-refractivity contribution in [2.45, 2.75) is 19.6 Å². The average molecular weight is 154 g/mol. The zero-order chi connectivity index (χ0) is 8.10. The first-order chi connectivity index (χ1) is 5.29. The van der Waals surface area contributed by atoms with E-state index >= 15 is 0 Å². The summed E-state index contributed by atoms with van der Waals surface area (Å²) in [6.45, 7) is 3.23. The van der Waals surface area contributed by atoms with Crippen LogP contribution in [-0.2, 0) is 6.54 Å². The third kappa shape index (κ3) is 3.20. The second kappa shape index (κ2) is 4.16. The lowest BCUT2D eigenvalue weighted by molar-refractivity contribution is 0.191. The van der Waals surface area contributed by atoms with E-state index in [9.17, 15) is 0 Å². The molecule has 0 saturated heterocycles. The quantitative estimate of drug-likeness (QED) is 0.591. The van der Waals surface area contributed by atoms with Crippen LogP contribution in [0.1, 0.15) is 12.5 Å². The molecule has 3 N–H and O–H groups in total. The first-order valence-electron chi connectivity index (χ1n) is 3.79. The molecule has 0 aliphatic heterocycles. The predicted molar refractivity (Wildman–Crippen MR) is 44.2 cm³/mol. The van der Waals surface area contributed by atoms with Crippen LogP contribution in [0.2, 0.25) is 0 Å². The Balaban J connectivity index is 2.14. The summed E-state index contributed by atoms with van der Waals surface area (Å²) in [6.07, 6.45) is 3.56. The van der Waals surface area contributed by atoms with Crippen LogP contribution in [0.15, 0.2) is 18.5 Å². The molecule has 1 rings (SSSR count). The van der Waals surface area contributed by atoms with Crippen molar-refractivity contribution in [1.29, 1.82) is 0 Å². The van der Waals surface area contributed by atoms with Gasteiger partial charge < -0.3 is 15.4 Å². The summed E-state index contributed by atoms with van der Waals surface area (Å²) in [5, 5.41) is 12.0. The van der Waals surface area contributed by atoms with Gasteiger partial charge in [0.15, 0.2) is 0 Å². The number of aromatic amines is 1. The molecule has 0 unspecified atom stereocenters. The number of nitrogens with one attached hydrogen (secondary N) is 2. The van der Waals surface area contributed by atoms with Crippen molar-refractivity contribution < 1.29 is 5.11 Å². The first kappa shape index (κ1) is 8.30. The first-order valence-corrected chi connectivity index (χ1v) is 3.79. The molecular weight excluding hydrogens is 140 g/mol. The highest BCUT2D eigenvalue weighted by Gasteiger charge is 1.94. The molecule has 3 nitrogen and oxygen atoms in total. The van der Waals surface area contributed by atoms with Gasteiger partial charge in [-0.3, -0.25) is 0 Å². The largest absolute Gasteiger partial charge is 0.392 e. The highest BCUT2D eigenvalue weighted by atomic mass is 16.3. The molecule has 0 spiro atoms. The topological polar surface area (TPSA) is 48.0 Å². The average Bonchev–Trinajstić information content (AvgIpc) is 2.39. The maximum Gasteiger partial charge on any atom is 0.0636 e. The molecule has 62 valence electrons. The number of hydrogen-bond donors (Lipinski definition) is 3. The minimum absolute atomic E-state index is 0.269.